The van der Waals surface area contributed by atoms with Gasteiger partial charge >= 0.3 is 0 Å². The third-order valence-electron chi connectivity index (χ3n) is 2.11. The highest BCUT2D eigenvalue weighted by atomic mass is 35.5. The van der Waals surface area contributed by atoms with E-state index in [1.54, 1.807) is 12.4 Å². The van der Waals surface area contributed by atoms with Gasteiger partial charge in [0.25, 0.3) is 0 Å². The third kappa shape index (κ3) is 2.33. The largest absolute Gasteiger partial charge is 0.382 e. The molecule has 0 aliphatic heterocycles. The molecule has 0 aromatic carbocycles. The Balaban J connectivity index is 2.44. The lowest BCUT2D eigenvalue weighted by Gasteiger charge is -2.13. The molecule has 2 aromatic rings. The first kappa shape index (κ1) is 11.0. The summed E-state index contributed by atoms with van der Waals surface area (Å²) in [6, 6.07) is 4.05. The Hall–Kier alpha value is -1.55. The lowest BCUT2D eigenvalue weighted by atomic mass is 10.1. The van der Waals surface area contributed by atoms with E-state index in [9.17, 15) is 0 Å². The van der Waals surface area contributed by atoms with Gasteiger partial charge in [0, 0.05) is 29.7 Å². The van der Waals surface area contributed by atoms with Crippen LogP contribution in [0.15, 0.2) is 24.5 Å². The van der Waals surface area contributed by atoms with Crippen LogP contribution in [0.4, 0.5) is 5.69 Å². The summed E-state index contributed by atoms with van der Waals surface area (Å²) in [4.78, 5) is 4.08. The first-order valence-corrected chi connectivity index (χ1v) is 5.46. The molecule has 0 amide bonds. The monoisotopic (exact) mass is 236 g/mol. The lowest BCUT2D eigenvalue weighted by molar-refractivity contribution is 0.899. The van der Waals surface area contributed by atoms with E-state index in [4.69, 9.17) is 11.6 Å². The Morgan fingerprint density at radius 3 is 2.88 bits per heavy atom. The molecule has 0 bridgehead atoms. The van der Waals surface area contributed by atoms with E-state index in [0.29, 0.717) is 11.2 Å². The molecule has 16 heavy (non-hydrogen) atoms. The number of rotatable bonds is 3. The van der Waals surface area contributed by atoms with Crippen LogP contribution < -0.4 is 5.32 Å². The van der Waals surface area contributed by atoms with E-state index in [1.165, 1.54) is 0 Å². The van der Waals surface area contributed by atoms with E-state index < -0.39 is 0 Å². The van der Waals surface area contributed by atoms with Crippen molar-refractivity contribution in [1.29, 1.82) is 0 Å². The number of H-pyrrole nitrogens is 1. The van der Waals surface area contributed by atoms with Crippen molar-refractivity contribution in [3.8, 4) is 11.3 Å². The predicted molar refractivity (Wildman–Crippen MR) is 65.6 cm³/mol. The minimum Gasteiger partial charge on any atom is -0.382 e. The number of aromatic nitrogens is 3. The van der Waals surface area contributed by atoms with Gasteiger partial charge in [-0.25, -0.2) is 4.98 Å². The molecule has 2 rings (SSSR count). The molecule has 2 heterocycles. The summed E-state index contributed by atoms with van der Waals surface area (Å²) in [6.07, 6.45) is 3.45. The number of aromatic amines is 1. The van der Waals surface area contributed by atoms with Gasteiger partial charge in [0.2, 0.25) is 0 Å². The standard InChI is InChI=1S/C11H13ClN4/c1-7(2)15-10-5-11(12)13-6-8(10)9-3-4-14-16-9/h3-7H,1-2H3,(H,13,15)(H,14,16). The van der Waals surface area contributed by atoms with Gasteiger partial charge in [0.05, 0.1) is 5.69 Å². The molecule has 0 aliphatic rings. The fraction of sp³-hybridized carbons (Fsp3) is 0.273. The van der Waals surface area contributed by atoms with Crippen molar-refractivity contribution in [2.75, 3.05) is 5.32 Å². The quantitative estimate of drug-likeness (QED) is 0.806. The maximum atomic E-state index is 5.88. The molecule has 84 valence electrons. The minimum atomic E-state index is 0.333. The zero-order chi connectivity index (χ0) is 11.5. The van der Waals surface area contributed by atoms with Crippen LogP contribution in [-0.2, 0) is 0 Å². The van der Waals surface area contributed by atoms with Gasteiger partial charge in [-0.1, -0.05) is 11.6 Å². The number of pyridine rings is 1. The van der Waals surface area contributed by atoms with Crippen LogP contribution in [0.2, 0.25) is 5.15 Å². The summed E-state index contributed by atoms with van der Waals surface area (Å²) in [7, 11) is 0. The summed E-state index contributed by atoms with van der Waals surface area (Å²) >= 11 is 5.88. The molecule has 5 heteroatoms. The zero-order valence-electron chi connectivity index (χ0n) is 9.16. The molecular weight excluding hydrogens is 224 g/mol. The second-order valence-corrected chi connectivity index (χ2v) is 4.21. The average Bonchev–Trinajstić information content (AvgIpc) is 2.69. The van der Waals surface area contributed by atoms with E-state index in [0.717, 1.165) is 16.9 Å². The summed E-state index contributed by atoms with van der Waals surface area (Å²) in [5.41, 5.74) is 2.85. The number of nitrogens with one attached hydrogen (secondary N) is 2. The molecule has 0 radical (unpaired) electrons. The fourth-order valence-corrected chi connectivity index (χ4v) is 1.64. The molecule has 2 N–H and O–H groups in total. The van der Waals surface area contributed by atoms with Crippen LogP contribution in [0.3, 0.4) is 0 Å². The van der Waals surface area contributed by atoms with Crippen LogP contribution in [-0.4, -0.2) is 21.2 Å². The normalized spacial score (nSPS) is 10.8. The summed E-state index contributed by atoms with van der Waals surface area (Å²) in [6.45, 7) is 4.15. The van der Waals surface area contributed by atoms with Crippen molar-refractivity contribution in [3.05, 3.63) is 29.7 Å². The molecule has 0 atom stereocenters. The Morgan fingerprint density at radius 2 is 2.25 bits per heavy atom. The van der Waals surface area contributed by atoms with E-state index >= 15 is 0 Å². The third-order valence-corrected chi connectivity index (χ3v) is 2.31. The number of halogens is 1. The zero-order valence-corrected chi connectivity index (χ0v) is 9.92. The number of nitrogens with zero attached hydrogens (tertiary/aromatic N) is 2. The molecule has 0 unspecified atom stereocenters. The topological polar surface area (TPSA) is 53.6 Å². The lowest BCUT2D eigenvalue weighted by Crippen LogP contribution is -2.10. The molecule has 0 fully saturated rings. The Morgan fingerprint density at radius 1 is 1.44 bits per heavy atom. The van der Waals surface area contributed by atoms with Gasteiger partial charge in [-0.15, -0.1) is 0 Å². The van der Waals surface area contributed by atoms with Gasteiger partial charge in [-0.2, -0.15) is 5.10 Å². The molecule has 0 saturated carbocycles. The predicted octanol–water partition coefficient (Wildman–Crippen LogP) is 2.95. The summed E-state index contributed by atoms with van der Waals surface area (Å²) in [5.74, 6) is 0. The smallest absolute Gasteiger partial charge is 0.131 e. The van der Waals surface area contributed by atoms with Crippen molar-refractivity contribution in [2.24, 2.45) is 0 Å². The van der Waals surface area contributed by atoms with Gasteiger partial charge in [0.1, 0.15) is 5.15 Å². The summed E-state index contributed by atoms with van der Waals surface area (Å²) in [5, 5.41) is 10.6. The molecule has 4 nitrogen and oxygen atoms in total. The van der Waals surface area contributed by atoms with Gasteiger partial charge < -0.3 is 5.32 Å². The van der Waals surface area contributed by atoms with Crippen LogP contribution >= 0.6 is 11.6 Å². The highest BCUT2D eigenvalue weighted by molar-refractivity contribution is 6.29. The second-order valence-electron chi connectivity index (χ2n) is 3.82. The summed E-state index contributed by atoms with van der Waals surface area (Å²) < 4.78 is 0. The average molecular weight is 237 g/mol. The fourth-order valence-electron chi connectivity index (χ4n) is 1.48. The van der Waals surface area contributed by atoms with Crippen molar-refractivity contribution < 1.29 is 0 Å². The van der Waals surface area contributed by atoms with E-state index in [2.05, 4.69) is 34.3 Å². The first-order valence-electron chi connectivity index (χ1n) is 5.08. The highest BCUT2D eigenvalue weighted by Crippen LogP contribution is 2.27. The van der Waals surface area contributed by atoms with Crippen LogP contribution in [0.5, 0.6) is 0 Å². The van der Waals surface area contributed by atoms with Crippen LogP contribution in [0.25, 0.3) is 11.3 Å². The molecular formula is C11H13ClN4. The van der Waals surface area contributed by atoms with E-state index in [1.807, 2.05) is 12.1 Å². The van der Waals surface area contributed by atoms with Crippen molar-refractivity contribution in [3.63, 3.8) is 0 Å². The van der Waals surface area contributed by atoms with Crippen molar-refractivity contribution in [1.82, 2.24) is 15.2 Å². The molecule has 0 spiro atoms. The van der Waals surface area contributed by atoms with Gasteiger partial charge in [-0.05, 0) is 26.0 Å². The SMILES string of the molecule is CC(C)Nc1cc(Cl)ncc1-c1ccn[nH]1. The van der Waals surface area contributed by atoms with Crippen molar-refractivity contribution in [2.45, 2.75) is 19.9 Å². The van der Waals surface area contributed by atoms with Gasteiger partial charge in [0.15, 0.2) is 0 Å². The van der Waals surface area contributed by atoms with E-state index in [-0.39, 0.29) is 0 Å². The maximum absolute atomic E-state index is 5.88. The van der Waals surface area contributed by atoms with Crippen LogP contribution in [0.1, 0.15) is 13.8 Å². The van der Waals surface area contributed by atoms with Gasteiger partial charge in [-0.3, -0.25) is 5.10 Å². The number of hydrogen-bond donors (Lipinski definition) is 2. The number of hydrogen-bond acceptors (Lipinski definition) is 3. The Kier molecular flexibility index (Phi) is 3.10. The van der Waals surface area contributed by atoms with Crippen LogP contribution in [0, 0.1) is 0 Å². The second kappa shape index (κ2) is 4.53. The highest BCUT2D eigenvalue weighted by Gasteiger charge is 2.08. The molecule has 2 aromatic heterocycles. The Labute approximate surface area is 99.1 Å². The minimum absolute atomic E-state index is 0.333. The van der Waals surface area contributed by atoms with Crippen molar-refractivity contribution >= 4 is 17.3 Å². The first-order chi connectivity index (χ1) is 7.66. The molecule has 0 saturated heterocycles. The number of anilines is 1. The Bertz CT molecular complexity index is 465. The maximum Gasteiger partial charge on any atom is 0.131 e. The molecule has 0 aliphatic carbocycles.